The summed E-state index contributed by atoms with van der Waals surface area (Å²) < 4.78 is 0. The molecule has 12 nitrogen and oxygen atoms in total. The van der Waals surface area contributed by atoms with Crippen LogP contribution in [0.3, 0.4) is 0 Å². The third-order valence-electron chi connectivity index (χ3n) is 3.77. The second kappa shape index (κ2) is 11.9. The number of nitrogens with two attached hydrogens (primary N) is 1. The lowest BCUT2D eigenvalue weighted by atomic mass is 10.0. The summed E-state index contributed by atoms with van der Waals surface area (Å²) in [4.78, 5) is 57.8. The highest BCUT2D eigenvalue weighted by Gasteiger charge is 2.27. The molecule has 4 atom stereocenters. The minimum absolute atomic E-state index is 0.273. The number of carboxylic acids is 2. The van der Waals surface area contributed by atoms with E-state index in [2.05, 4.69) is 16.0 Å². The van der Waals surface area contributed by atoms with Gasteiger partial charge in [-0.25, -0.2) is 4.79 Å². The molecule has 0 radical (unpaired) electrons. The van der Waals surface area contributed by atoms with E-state index in [0.717, 1.165) is 0 Å². The van der Waals surface area contributed by atoms with Crippen molar-refractivity contribution in [2.45, 2.75) is 57.8 Å². The molecule has 0 aromatic rings. The molecule has 0 bridgehead atoms. The summed E-state index contributed by atoms with van der Waals surface area (Å²) >= 11 is 0. The van der Waals surface area contributed by atoms with Crippen molar-refractivity contribution < 1.29 is 39.3 Å². The summed E-state index contributed by atoms with van der Waals surface area (Å²) in [5.74, 6) is -5.30. The predicted molar refractivity (Wildman–Crippen MR) is 95.9 cm³/mol. The molecule has 0 aromatic heterocycles. The molecule has 0 aromatic carbocycles. The molecule has 0 aliphatic rings. The molecule has 4 unspecified atom stereocenters. The number of nitrogens with one attached hydrogen (secondary N) is 3. The Morgan fingerprint density at radius 2 is 1.54 bits per heavy atom. The summed E-state index contributed by atoms with van der Waals surface area (Å²) in [6.07, 6.45) is -1.91. The average Bonchev–Trinajstić information content (AvgIpc) is 2.59. The van der Waals surface area contributed by atoms with Crippen LogP contribution >= 0.6 is 0 Å². The molecule has 0 saturated carbocycles. The fourth-order valence-corrected chi connectivity index (χ4v) is 2.05. The van der Waals surface area contributed by atoms with Crippen LogP contribution in [0.1, 0.15) is 33.6 Å². The minimum atomic E-state index is -1.33. The van der Waals surface area contributed by atoms with Crippen molar-refractivity contribution in [1.82, 2.24) is 16.0 Å². The number of aliphatic hydroxyl groups is 1. The van der Waals surface area contributed by atoms with Crippen LogP contribution in [0.15, 0.2) is 0 Å². The second-order valence-electron chi connectivity index (χ2n) is 6.61. The van der Waals surface area contributed by atoms with Gasteiger partial charge in [-0.1, -0.05) is 13.8 Å². The highest BCUT2D eigenvalue weighted by molar-refractivity contribution is 5.93. The molecular formula is C16H28N4O8. The van der Waals surface area contributed by atoms with Crippen molar-refractivity contribution in [3.8, 4) is 0 Å². The van der Waals surface area contributed by atoms with Gasteiger partial charge in [0.05, 0.1) is 12.6 Å². The molecule has 0 aliphatic heterocycles. The van der Waals surface area contributed by atoms with Gasteiger partial charge in [-0.15, -0.1) is 0 Å². The third-order valence-corrected chi connectivity index (χ3v) is 3.77. The molecule has 0 spiro atoms. The maximum Gasteiger partial charge on any atom is 0.326 e. The molecule has 0 heterocycles. The number of hydrogen-bond donors (Lipinski definition) is 7. The fourth-order valence-electron chi connectivity index (χ4n) is 2.05. The van der Waals surface area contributed by atoms with Crippen LogP contribution in [0.2, 0.25) is 0 Å². The van der Waals surface area contributed by atoms with Crippen molar-refractivity contribution >= 4 is 29.7 Å². The monoisotopic (exact) mass is 404 g/mol. The van der Waals surface area contributed by atoms with Gasteiger partial charge in [0.1, 0.15) is 18.1 Å². The van der Waals surface area contributed by atoms with Gasteiger partial charge in [0.25, 0.3) is 0 Å². The summed E-state index contributed by atoms with van der Waals surface area (Å²) in [6.45, 7) is 3.90. The van der Waals surface area contributed by atoms with Crippen LogP contribution in [0.25, 0.3) is 0 Å². The van der Waals surface area contributed by atoms with Crippen LogP contribution in [-0.4, -0.2) is 75.8 Å². The second-order valence-corrected chi connectivity index (χ2v) is 6.61. The average molecular weight is 404 g/mol. The number of carbonyl (C=O) groups excluding carboxylic acids is 3. The quantitative estimate of drug-likeness (QED) is 0.181. The smallest absolute Gasteiger partial charge is 0.326 e. The topological polar surface area (TPSA) is 208 Å². The molecule has 8 N–H and O–H groups in total. The molecule has 0 saturated heterocycles. The Morgan fingerprint density at radius 1 is 0.964 bits per heavy atom. The van der Waals surface area contributed by atoms with Gasteiger partial charge >= 0.3 is 11.9 Å². The summed E-state index contributed by atoms with van der Waals surface area (Å²) in [7, 11) is 0. The molecule has 3 amide bonds. The fraction of sp³-hybridized carbons (Fsp3) is 0.688. The largest absolute Gasteiger partial charge is 0.481 e. The maximum absolute atomic E-state index is 12.2. The molecule has 160 valence electrons. The van der Waals surface area contributed by atoms with Gasteiger partial charge in [0.15, 0.2) is 0 Å². The van der Waals surface area contributed by atoms with Gasteiger partial charge < -0.3 is 37.0 Å². The minimum Gasteiger partial charge on any atom is -0.481 e. The van der Waals surface area contributed by atoms with Crippen LogP contribution in [0, 0.1) is 5.92 Å². The van der Waals surface area contributed by atoms with E-state index in [0.29, 0.717) is 0 Å². The number of amides is 3. The number of hydrogen-bond acceptors (Lipinski definition) is 7. The first-order valence-electron chi connectivity index (χ1n) is 8.62. The summed E-state index contributed by atoms with van der Waals surface area (Å²) in [6, 6.07) is -3.77. The van der Waals surface area contributed by atoms with Gasteiger partial charge in [-0.05, 0) is 19.3 Å². The molecule has 0 rings (SSSR count). The van der Waals surface area contributed by atoms with Crippen LogP contribution in [0.4, 0.5) is 0 Å². The van der Waals surface area contributed by atoms with E-state index in [1.54, 1.807) is 13.8 Å². The lowest BCUT2D eigenvalue weighted by Gasteiger charge is -2.22. The lowest BCUT2D eigenvalue weighted by molar-refractivity contribution is -0.143. The Labute approximate surface area is 161 Å². The predicted octanol–water partition coefficient (Wildman–Crippen LogP) is -2.61. The van der Waals surface area contributed by atoms with Crippen LogP contribution < -0.4 is 21.7 Å². The molecule has 28 heavy (non-hydrogen) atoms. The highest BCUT2D eigenvalue weighted by Crippen LogP contribution is 2.02. The summed E-state index contributed by atoms with van der Waals surface area (Å²) in [5.41, 5.74) is 5.47. The lowest BCUT2D eigenvalue weighted by Crippen LogP contribution is -2.55. The Kier molecular flexibility index (Phi) is 10.7. The number of aliphatic carboxylic acids is 2. The van der Waals surface area contributed by atoms with Gasteiger partial charge in [-0.2, -0.15) is 0 Å². The molecular weight excluding hydrogens is 376 g/mol. The number of carboxylic acid groups (broad SMARTS) is 2. The molecule has 12 heteroatoms. The van der Waals surface area contributed by atoms with Crippen molar-refractivity contribution in [2.75, 3.05) is 6.54 Å². The zero-order valence-corrected chi connectivity index (χ0v) is 16.0. The zero-order chi connectivity index (χ0) is 22.0. The van der Waals surface area contributed by atoms with Gasteiger partial charge in [0, 0.05) is 6.42 Å². The molecule has 0 aliphatic carbocycles. The number of rotatable bonds is 12. The summed E-state index contributed by atoms with van der Waals surface area (Å²) in [5, 5.41) is 33.8. The normalized spacial score (nSPS) is 15.1. The number of aliphatic hydroxyl groups excluding tert-OH is 1. The Morgan fingerprint density at radius 3 is 1.96 bits per heavy atom. The van der Waals surface area contributed by atoms with E-state index in [1.165, 1.54) is 6.92 Å². The first-order chi connectivity index (χ1) is 12.9. The van der Waals surface area contributed by atoms with Crippen LogP contribution in [0.5, 0.6) is 0 Å². The number of carbonyl (C=O) groups is 5. The maximum atomic E-state index is 12.2. The van der Waals surface area contributed by atoms with E-state index >= 15 is 0 Å². The molecule has 0 fully saturated rings. The van der Waals surface area contributed by atoms with Crippen molar-refractivity contribution in [3.63, 3.8) is 0 Å². The van der Waals surface area contributed by atoms with E-state index in [4.69, 9.17) is 15.9 Å². The Bertz CT molecular complexity index is 593. The van der Waals surface area contributed by atoms with E-state index < -0.39 is 66.9 Å². The van der Waals surface area contributed by atoms with Gasteiger partial charge in [-0.3, -0.25) is 19.2 Å². The van der Waals surface area contributed by atoms with Crippen molar-refractivity contribution in [2.24, 2.45) is 11.7 Å². The van der Waals surface area contributed by atoms with E-state index in [9.17, 15) is 29.1 Å². The van der Waals surface area contributed by atoms with E-state index in [-0.39, 0.29) is 12.3 Å². The Hall–Kier alpha value is -2.73. The first-order valence-corrected chi connectivity index (χ1v) is 8.62. The highest BCUT2D eigenvalue weighted by atomic mass is 16.4. The standard InChI is InChI=1S/C16H28N4O8/c1-7(2)13(16(27)28)20-10(22)6-18-14(25)9(4-5-11(23)24)19-15(26)12(17)8(3)21/h7-9,12-13,21H,4-6,17H2,1-3H3,(H,18,25)(H,19,26)(H,20,22)(H,23,24)(H,27,28). The SMILES string of the molecule is CC(C)C(NC(=O)CNC(=O)C(CCC(=O)O)NC(=O)C(N)C(C)O)C(=O)O. The Balaban J connectivity index is 4.90. The van der Waals surface area contributed by atoms with Crippen molar-refractivity contribution in [1.29, 1.82) is 0 Å². The van der Waals surface area contributed by atoms with Crippen molar-refractivity contribution in [3.05, 3.63) is 0 Å². The first kappa shape index (κ1) is 25.3. The zero-order valence-electron chi connectivity index (χ0n) is 16.0. The third kappa shape index (κ3) is 9.28. The van der Waals surface area contributed by atoms with Crippen LogP contribution in [-0.2, 0) is 24.0 Å². The van der Waals surface area contributed by atoms with E-state index in [1.807, 2.05) is 0 Å². The van der Waals surface area contributed by atoms with Gasteiger partial charge in [0.2, 0.25) is 17.7 Å².